The van der Waals surface area contributed by atoms with Gasteiger partial charge in [0.05, 0.1) is 0 Å². The summed E-state index contributed by atoms with van der Waals surface area (Å²) in [6.07, 6.45) is -0.527. The lowest BCUT2D eigenvalue weighted by molar-refractivity contribution is 0.220. The molecule has 90 valence electrons. The molecule has 0 saturated heterocycles. The lowest BCUT2D eigenvalue weighted by Gasteiger charge is -2.12. The number of aliphatic hydroxyl groups is 1. The van der Waals surface area contributed by atoms with Crippen molar-refractivity contribution in [2.75, 3.05) is 0 Å². The van der Waals surface area contributed by atoms with E-state index in [9.17, 15) is 5.11 Å². The van der Waals surface area contributed by atoms with E-state index in [4.69, 9.17) is 0 Å². The van der Waals surface area contributed by atoms with Crippen molar-refractivity contribution < 1.29 is 5.11 Å². The van der Waals surface area contributed by atoms with Crippen LogP contribution < -0.4 is 0 Å². The Kier molecular flexibility index (Phi) is 2.90. The van der Waals surface area contributed by atoms with Crippen LogP contribution >= 0.6 is 11.3 Å². The molecule has 2 aromatic carbocycles. The maximum atomic E-state index is 10.4. The predicted molar refractivity (Wildman–Crippen MR) is 77.1 cm³/mol. The Morgan fingerprint density at radius 3 is 2.50 bits per heavy atom. The van der Waals surface area contributed by atoms with E-state index in [2.05, 4.69) is 29.6 Å². The maximum Gasteiger partial charge on any atom is 0.105 e. The molecule has 0 bridgehead atoms. The van der Waals surface area contributed by atoms with Gasteiger partial charge in [-0.2, -0.15) is 11.3 Å². The summed E-state index contributed by atoms with van der Waals surface area (Å²) in [6, 6.07) is 14.3. The molecule has 1 aromatic heterocycles. The molecule has 3 aromatic rings. The molecule has 18 heavy (non-hydrogen) atoms. The van der Waals surface area contributed by atoms with Crippen LogP contribution in [0, 0.1) is 6.92 Å². The zero-order valence-corrected chi connectivity index (χ0v) is 10.9. The molecule has 0 radical (unpaired) electrons. The second kappa shape index (κ2) is 4.56. The normalized spacial score (nSPS) is 12.8. The Morgan fingerprint density at radius 1 is 1.00 bits per heavy atom. The molecule has 1 nitrogen and oxygen atoms in total. The van der Waals surface area contributed by atoms with E-state index in [1.54, 1.807) is 11.3 Å². The molecule has 0 amide bonds. The quantitative estimate of drug-likeness (QED) is 0.723. The summed E-state index contributed by atoms with van der Waals surface area (Å²) in [5.74, 6) is 0. The molecule has 1 unspecified atom stereocenters. The molecule has 1 heterocycles. The molecule has 1 atom stereocenters. The summed E-state index contributed by atoms with van der Waals surface area (Å²) in [7, 11) is 0. The van der Waals surface area contributed by atoms with Crippen molar-refractivity contribution in [1.82, 2.24) is 0 Å². The lowest BCUT2D eigenvalue weighted by atomic mass is 9.98. The highest BCUT2D eigenvalue weighted by atomic mass is 32.1. The van der Waals surface area contributed by atoms with Crippen LogP contribution in [0.15, 0.2) is 53.2 Å². The van der Waals surface area contributed by atoms with Gasteiger partial charge in [0.1, 0.15) is 6.10 Å². The highest BCUT2D eigenvalue weighted by Gasteiger charge is 2.13. The molecule has 3 rings (SSSR count). The van der Waals surface area contributed by atoms with Crippen LogP contribution in [-0.4, -0.2) is 5.11 Å². The van der Waals surface area contributed by atoms with E-state index < -0.39 is 6.10 Å². The zero-order valence-electron chi connectivity index (χ0n) is 10.1. The van der Waals surface area contributed by atoms with Gasteiger partial charge in [0.2, 0.25) is 0 Å². The van der Waals surface area contributed by atoms with E-state index in [1.165, 1.54) is 10.8 Å². The molecular weight excluding hydrogens is 240 g/mol. The molecule has 2 heteroatoms. The fraction of sp³-hybridized carbons (Fsp3) is 0.125. The third-order valence-corrected chi connectivity index (χ3v) is 4.16. The number of benzene rings is 2. The van der Waals surface area contributed by atoms with E-state index in [-0.39, 0.29) is 0 Å². The van der Waals surface area contributed by atoms with Crippen molar-refractivity contribution in [2.45, 2.75) is 13.0 Å². The first-order valence-corrected chi connectivity index (χ1v) is 6.89. The van der Waals surface area contributed by atoms with E-state index >= 15 is 0 Å². The standard InChI is InChI=1S/C16H14OS/c1-11-9-18-10-15(11)16(17)14-7-6-12-4-2-3-5-13(12)8-14/h2-10,16-17H,1H3. The van der Waals surface area contributed by atoms with Crippen LogP contribution in [-0.2, 0) is 0 Å². The number of thiophene rings is 1. The van der Waals surface area contributed by atoms with Gasteiger partial charge < -0.3 is 5.11 Å². The van der Waals surface area contributed by atoms with Gasteiger partial charge in [0, 0.05) is 0 Å². The van der Waals surface area contributed by atoms with Gasteiger partial charge in [-0.25, -0.2) is 0 Å². The molecule has 0 aliphatic carbocycles. The van der Waals surface area contributed by atoms with Gasteiger partial charge in [0.25, 0.3) is 0 Å². The number of aryl methyl sites for hydroxylation is 1. The minimum absolute atomic E-state index is 0.527. The van der Waals surface area contributed by atoms with E-state index in [0.717, 1.165) is 16.7 Å². The second-order valence-electron chi connectivity index (χ2n) is 4.52. The first kappa shape index (κ1) is 11.5. The number of aliphatic hydroxyl groups excluding tert-OH is 1. The third-order valence-electron chi connectivity index (χ3n) is 3.28. The van der Waals surface area contributed by atoms with Gasteiger partial charge in [0.15, 0.2) is 0 Å². The Morgan fingerprint density at radius 2 is 1.78 bits per heavy atom. The Hall–Kier alpha value is -1.64. The monoisotopic (exact) mass is 254 g/mol. The van der Waals surface area contributed by atoms with Gasteiger partial charge in [-0.05, 0) is 51.2 Å². The largest absolute Gasteiger partial charge is 0.384 e. The maximum absolute atomic E-state index is 10.4. The van der Waals surface area contributed by atoms with Crippen LogP contribution in [0.25, 0.3) is 10.8 Å². The smallest absolute Gasteiger partial charge is 0.105 e. The molecule has 0 aliphatic heterocycles. The molecule has 0 saturated carbocycles. The topological polar surface area (TPSA) is 20.2 Å². The highest BCUT2D eigenvalue weighted by molar-refractivity contribution is 7.08. The fourth-order valence-corrected chi connectivity index (χ4v) is 3.08. The van der Waals surface area contributed by atoms with Gasteiger partial charge >= 0.3 is 0 Å². The number of fused-ring (bicyclic) bond motifs is 1. The molecular formula is C16H14OS. The van der Waals surface area contributed by atoms with Crippen molar-refractivity contribution in [1.29, 1.82) is 0 Å². The second-order valence-corrected chi connectivity index (χ2v) is 5.26. The van der Waals surface area contributed by atoms with Crippen LogP contribution in [0.4, 0.5) is 0 Å². The van der Waals surface area contributed by atoms with E-state index in [1.807, 2.05) is 30.5 Å². The molecule has 0 aliphatic rings. The highest BCUT2D eigenvalue weighted by Crippen LogP contribution is 2.29. The van der Waals surface area contributed by atoms with Crippen molar-refractivity contribution >= 4 is 22.1 Å². The van der Waals surface area contributed by atoms with Crippen molar-refractivity contribution in [3.8, 4) is 0 Å². The average Bonchev–Trinajstić information content (AvgIpc) is 2.83. The molecule has 1 N–H and O–H groups in total. The average molecular weight is 254 g/mol. The SMILES string of the molecule is Cc1cscc1C(O)c1ccc2ccccc2c1. The summed E-state index contributed by atoms with van der Waals surface area (Å²) >= 11 is 1.63. The Labute approximate surface area is 110 Å². The first-order valence-electron chi connectivity index (χ1n) is 5.95. The summed E-state index contributed by atoms with van der Waals surface area (Å²) in [4.78, 5) is 0. The minimum atomic E-state index is -0.527. The zero-order chi connectivity index (χ0) is 12.5. The molecule has 0 spiro atoms. The first-order chi connectivity index (χ1) is 8.75. The van der Waals surface area contributed by atoms with Crippen LogP contribution in [0.3, 0.4) is 0 Å². The van der Waals surface area contributed by atoms with Gasteiger partial charge in [-0.3, -0.25) is 0 Å². The van der Waals surface area contributed by atoms with Crippen molar-refractivity contribution in [2.24, 2.45) is 0 Å². The van der Waals surface area contributed by atoms with Crippen LogP contribution in [0.2, 0.25) is 0 Å². The fourth-order valence-electron chi connectivity index (χ4n) is 2.21. The summed E-state index contributed by atoms with van der Waals surface area (Å²) < 4.78 is 0. The van der Waals surface area contributed by atoms with E-state index in [0.29, 0.717) is 0 Å². The van der Waals surface area contributed by atoms with Crippen molar-refractivity contribution in [3.05, 3.63) is 69.9 Å². The lowest BCUT2D eigenvalue weighted by Crippen LogP contribution is -1.99. The minimum Gasteiger partial charge on any atom is -0.384 e. The summed E-state index contributed by atoms with van der Waals surface area (Å²) in [5.41, 5.74) is 3.12. The number of hydrogen-bond donors (Lipinski definition) is 1. The van der Waals surface area contributed by atoms with Crippen LogP contribution in [0.5, 0.6) is 0 Å². The Bertz CT molecular complexity index is 684. The summed E-state index contributed by atoms with van der Waals surface area (Å²) in [5, 5.41) is 16.9. The molecule has 0 fully saturated rings. The third kappa shape index (κ3) is 1.94. The van der Waals surface area contributed by atoms with Crippen LogP contribution in [0.1, 0.15) is 22.8 Å². The Balaban J connectivity index is 2.07. The number of rotatable bonds is 2. The predicted octanol–water partition coefficient (Wildman–Crippen LogP) is 4.29. The van der Waals surface area contributed by atoms with Gasteiger partial charge in [-0.15, -0.1) is 0 Å². The number of hydrogen-bond acceptors (Lipinski definition) is 2. The van der Waals surface area contributed by atoms with Gasteiger partial charge in [-0.1, -0.05) is 36.4 Å². The summed E-state index contributed by atoms with van der Waals surface area (Å²) in [6.45, 7) is 2.04. The van der Waals surface area contributed by atoms with Crippen molar-refractivity contribution in [3.63, 3.8) is 0 Å².